The Hall–Kier alpha value is -2.61. The molecule has 51 heavy (non-hydrogen) atoms. The topological polar surface area (TPSA) is 102 Å². The number of nitrogens with one attached hydrogen (secondary N) is 1. The maximum atomic E-state index is 14.1. The van der Waals surface area contributed by atoms with Gasteiger partial charge in [0.05, 0.1) is 17.7 Å². The summed E-state index contributed by atoms with van der Waals surface area (Å²) in [6.45, 7) is 12.7. The Balaban J connectivity index is 0.986. The van der Waals surface area contributed by atoms with Crippen LogP contribution in [-0.4, -0.2) is 66.3 Å². The predicted octanol–water partition coefficient (Wildman–Crippen LogP) is 7.37. The Morgan fingerprint density at radius 2 is 1.86 bits per heavy atom. The largest absolute Gasteiger partial charge is 0.365 e. The average Bonchev–Trinajstić information content (AvgIpc) is 3.65. The number of carbonyl (C=O) groups excluding carboxylic acids is 3. The number of likely N-dealkylation sites (tertiary alicyclic amines) is 1. The van der Waals surface area contributed by atoms with Gasteiger partial charge in [0.15, 0.2) is 5.78 Å². The molecule has 1 amide bonds. The predicted molar refractivity (Wildman–Crippen MR) is 202 cm³/mol. The fourth-order valence-electron chi connectivity index (χ4n) is 11.8. The van der Waals surface area contributed by atoms with Gasteiger partial charge in [0.1, 0.15) is 5.78 Å². The number of ketones is 2. The fourth-order valence-corrected chi connectivity index (χ4v) is 11.8. The molecule has 7 nitrogen and oxygen atoms in total. The molecule has 278 valence electrons. The van der Waals surface area contributed by atoms with Crippen LogP contribution >= 0.6 is 0 Å². The van der Waals surface area contributed by atoms with Crippen molar-refractivity contribution in [2.24, 2.45) is 40.7 Å². The number of allylic oxidation sites excluding steroid dienone is 3. The van der Waals surface area contributed by atoms with Crippen molar-refractivity contribution in [3.05, 3.63) is 58.2 Å². The first-order chi connectivity index (χ1) is 24.6. The van der Waals surface area contributed by atoms with Gasteiger partial charge in [-0.2, -0.15) is 0 Å². The molecule has 4 aliphatic carbocycles. The zero-order valence-electron chi connectivity index (χ0n) is 31.8. The Bertz CT molecular complexity index is 1550. The first kappa shape index (κ1) is 36.7. The van der Waals surface area contributed by atoms with Gasteiger partial charge in [-0.15, -0.1) is 0 Å². The van der Waals surface area contributed by atoms with Gasteiger partial charge in [-0.3, -0.25) is 14.4 Å². The molecule has 7 heteroatoms. The highest BCUT2D eigenvalue weighted by molar-refractivity contribution is 5.96. The summed E-state index contributed by atoms with van der Waals surface area (Å²) in [7, 11) is 0. The maximum absolute atomic E-state index is 14.1. The van der Waals surface area contributed by atoms with E-state index in [1.165, 1.54) is 17.6 Å². The van der Waals surface area contributed by atoms with E-state index in [0.717, 1.165) is 88.5 Å². The number of hydrogen-bond acceptors (Lipinski definition) is 6. The second-order valence-electron chi connectivity index (χ2n) is 17.5. The molecule has 1 aromatic rings. The number of benzene rings is 1. The summed E-state index contributed by atoms with van der Waals surface area (Å²) in [4.78, 5) is 41.4. The van der Waals surface area contributed by atoms with Crippen LogP contribution < -0.4 is 11.1 Å². The minimum absolute atomic E-state index is 0.0751. The van der Waals surface area contributed by atoms with Gasteiger partial charge in [0.25, 0.3) is 0 Å². The van der Waals surface area contributed by atoms with Crippen molar-refractivity contribution >= 4 is 17.5 Å². The van der Waals surface area contributed by atoms with E-state index >= 15 is 0 Å². The third-order valence-electron chi connectivity index (χ3n) is 14.7. The summed E-state index contributed by atoms with van der Waals surface area (Å²) < 4.78 is 7.28. The van der Waals surface area contributed by atoms with E-state index < -0.39 is 0 Å². The van der Waals surface area contributed by atoms with Crippen LogP contribution in [0, 0.1) is 35.0 Å². The number of rotatable bonds is 12. The molecule has 3 N–H and O–H groups in total. The molecule has 0 aromatic heterocycles. The van der Waals surface area contributed by atoms with Crippen LogP contribution in [0.4, 0.5) is 0 Å². The Labute approximate surface area is 306 Å². The molecule has 2 saturated carbocycles. The van der Waals surface area contributed by atoms with Crippen LogP contribution in [0.3, 0.4) is 0 Å². The van der Waals surface area contributed by atoms with Crippen LogP contribution in [0.1, 0.15) is 127 Å². The Morgan fingerprint density at radius 3 is 2.65 bits per heavy atom. The Kier molecular flexibility index (Phi) is 10.8. The van der Waals surface area contributed by atoms with Gasteiger partial charge >= 0.3 is 0 Å². The molecule has 2 aliphatic heterocycles. The van der Waals surface area contributed by atoms with Crippen molar-refractivity contribution in [3.63, 3.8) is 0 Å². The highest BCUT2D eigenvalue weighted by Crippen LogP contribution is 2.65. The van der Waals surface area contributed by atoms with Gasteiger partial charge in [-0.1, -0.05) is 68.7 Å². The van der Waals surface area contributed by atoms with E-state index in [0.29, 0.717) is 61.7 Å². The first-order valence-electron chi connectivity index (χ1n) is 20.5. The minimum Gasteiger partial charge on any atom is -0.365 e. The normalized spacial score (nSPS) is 35.7. The maximum Gasteiger partial charge on any atom is 0.223 e. The lowest BCUT2D eigenvalue weighted by atomic mass is 9.57. The van der Waals surface area contributed by atoms with Crippen molar-refractivity contribution in [2.45, 2.75) is 135 Å². The molecule has 1 spiro atoms. The summed E-state index contributed by atoms with van der Waals surface area (Å²) in [6.07, 6.45) is 15.1. The highest BCUT2D eigenvalue weighted by atomic mass is 16.5. The zero-order valence-corrected chi connectivity index (χ0v) is 31.8. The van der Waals surface area contributed by atoms with Crippen LogP contribution in [0.15, 0.2) is 47.1 Å². The summed E-state index contributed by atoms with van der Waals surface area (Å²) in [6, 6.07) is 8.06. The Morgan fingerprint density at radius 1 is 1.06 bits per heavy atom. The summed E-state index contributed by atoms with van der Waals surface area (Å²) >= 11 is 0. The van der Waals surface area contributed by atoms with Crippen LogP contribution in [0.25, 0.3) is 0 Å². The van der Waals surface area contributed by atoms with Crippen molar-refractivity contribution in [1.82, 2.24) is 10.2 Å². The third kappa shape index (κ3) is 6.85. The standard InChI is InChI=1S/C44H63N3O4/c1-28-24-40-42(47(27-28)41(50)16-11-31-9-12-32(13-10-31)39(49)8-6-5-7-22-46-23-21-45)30(3)44(51-40)20-18-35-36-15-14-33-25-34(48)17-19-43(33,4)38(36)26-37(35)29(44)2/h9-10,12-14,28,30,35-36,38,40,42,46H,5-8,11,15-27,45H2,1-4H3/t28-,30+,35-,36-,38-,40-,42-,43-,44-/m0/s1. The summed E-state index contributed by atoms with van der Waals surface area (Å²) in [5, 5.41) is 3.30. The smallest absolute Gasteiger partial charge is 0.223 e. The number of nitrogens with zero attached hydrogens (tertiary/aromatic N) is 1. The third-order valence-corrected chi connectivity index (χ3v) is 14.7. The van der Waals surface area contributed by atoms with E-state index in [4.69, 9.17) is 10.5 Å². The van der Waals surface area contributed by atoms with Crippen LogP contribution in [-0.2, 0) is 20.7 Å². The first-order valence-corrected chi connectivity index (χ1v) is 20.5. The molecular weight excluding hydrogens is 635 g/mol. The molecule has 0 radical (unpaired) electrons. The lowest BCUT2D eigenvalue weighted by Gasteiger charge is -2.47. The fraction of sp³-hybridized carbons (Fsp3) is 0.705. The molecule has 6 aliphatic rings. The summed E-state index contributed by atoms with van der Waals surface area (Å²) in [5.74, 6) is 3.43. The molecule has 2 saturated heterocycles. The number of piperidine rings is 1. The number of nitrogens with two attached hydrogens (primary N) is 1. The number of Topliss-reactive ketones (excluding diaryl/α,β-unsaturated/α-hetero) is 2. The van der Waals surface area contributed by atoms with Crippen LogP contribution in [0.2, 0.25) is 0 Å². The summed E-state index contributed by atoms with van der Waals surface area (Å²) in [5.41, 5.74) is 11.8. The van der Waals surface area contributed by atoms with Crippen molar-refractivity contribution in [1.29, 1.82) is 0 Å². The molecule has 0 bridgehead atoms. The SMILES string of the molecule is CC1=C2C[C@H]3[C@@H](CC=C4CC(=O)CC[C@@]43C)[C@@H]2CC[C@]12O[C@H]1C[C@H](C)CN(C(=O)CCc3ccc(C(=O)CCCCCNCCN)cc3)[C@H]1[C@H]2C. The second kappa shape index (κ2) is 15.0. The quantitative estimate of drug-likeness (QED) is 0.134. The lowest BCUT2D eigenvalue weighted by Crippen LogP contribution is -2.54. The van der Waals surface area contributed by atoms with E-state index in [9.17, 15) is 14.4 Å². The number of fused-ring (bicyclic) bond motifs is 6. The highest BCUT2D eigenvalue weighted by Gasteiger charge is 2.62. The number of hydrogen-bond donors (Lipinski definition) is 2. The van der Waals surface area contributed by atoms with Gasteiger partial charge in [-0.05, 0) is 111 Å². The molecule has 2 heterocycles. The number of amides is 1. The van der Waals surface area contributed by atoms with Crippen molar-refractivity contribution in [3.8, 4) is 0 Å². The number of ether oxygens (including phenoxy) is 1. The van der Waals surface area contributed by atoms with Gasteiger partial charge in [0.2, 0.25) is 5.91 Å². The molecule has 9 atom stereocenters. The number of carbonyl (C=O) groups is 3. The van der Waals surface area contributed by atoms with E-state index in [1.54, 1.807) is 5.57 Å². The molecule has 0 unspecified atom stereocenters. The molecular formula is C44H63N3O4. The van der Waals surface area contributed by atoms with Crippen molar-refractivity contribution in [2.75, 3.05) is 26.2 Å². The number of aryl methyl sites for hydroxylation is 1. The molecule has 1 aromatic carbocycles. The van der Waals surface area contributed by atoms with E-state index in [1.807, 2.05) is 24.3 Å². The molecule has 7 rings (SSSR count). The van der Waals surface area contributed by atoms with Crippen LogP contribution in [0.5, 0.6) is 0 Å². The molecule has 4 fully saturated rings. The minimum atomic E-state index is -0.291. The number of unbranched alkanes of at least 4 members (excludes halogenated alkanes) is 2. The van der Waals surface area contributed by atoms with Gasteiger partial charge in [0, 0.05) is 56.8 Å². The van der Waals surface area contributed by atoms with Crippen molar-refractivity contribution < 1.29 is 19.1 Å². The van der Waals surface area contributed by atoms with E-state index in [2.05, 4.69) is 44.0 Å². The van der Waals surface area contributed by atoms with E-state index in [-0.39, 0.29) is 40.8 Å². The monoisotopic (exact) mass is 697 g/mol. The second-order valence-corrected chi connectivity index (χ2v) is 17.5. The average molecular weight is 698 g/mol. The zero-order chi connectivity index (χ0) is 35.9. The lowest BCUT2D eigenvalue weighted by molar-refractivity contribution is -0.139. The van der Waals surface area contributed by atoms with Gasteiger partial charge < -0.3 is 20.7 Å². The van der Waals surface area contributed by atoms with Gasteiger partial charge in [-0.25, -0.2) is 0 Å².